The number of fused-ring (bicyclic) bond motifs is 4. The van der Waals surface area contributed by atoms with E-state index in [0.29, 0.717) is 35.3 Å². The molecule has 0 saturated heterocycles. The molecule has 11 nitrogen and oxygen atoms in total. The Morgan fingerprint density at radius 3 is 2.55 bits per heavy atom. The highest BCUT2D eigenvalue weighted by molar-refractivity contribution is 7.89. The first kappa shape index (κ1) is 21.8. The van der Waals surface area contributed by atoms with E-state index in [9.17, 15) is 18.3 Å². The first-order valence-corrected chi connectivity index (χ1v) is 12.1. The Balaban J connectivity index is 1.59. The number of rotatable bonds is 4. The van der Waals surface area contributed by atoms with Gasteiger partial charge in [-0.3, -0.25) is 9.63 Å². The highest BCUT2D eigenvalue weighted by atomic mass is 32.2. The van der Waals surface area contributed by atoms with Gasteiger partial charge < -0.3 is 15.0 Å². The van der Waals surface area contributed by atoms with Gasteiger partial charge in [-0.2, -0.15) is 10.0 Å². The lowest BCUT2D eigenvalue weighted by molar-refractivity contribution is -0.242. The van der Waals surface area contributed by atoms with Gasteiger partial charge in [0.25, 0.3) is 5.91 Å². The fourth-order valence-electron chi connectivity index (χ4n) is 4.86. The number of hydrogen-bond acceptors (Lipinski definition) is 8. The summed E-state index contributed by atoms with van der Waals surface area (Å²) in [6.45, 7) is 0. The molecule has 5 rings (SSSR count). The number of primary sulfonamides is 1. The Morgan fingerprint density at radius 2 is 1.91 bits per heavy atom. The van der Waals surface area contributed by atoms with Crippen LogP contribution >= 0.6 is 0 Å². The fraction of sp³-hybridized carbons (Fsp3) is 0.381. The Labute approximate surface area is 190 Å². The molecular weight excluding hydrogens is 448 g/mol. The van der Waals surface area contributed by atoms with Gasteiger partial charge in [-0.05, 0) is 43.2 Å². The molecule has 1 amide bonds. The van der Waals surface area contributed by atoms with Crippen LogP contribution < -0.4 is 10.5 Å². The standard InChI is InChI=1S/C21H24N6O5S/c1-32-27-18(28)16-11-13-12-23-20(24-14-5-7-15(8-6-14)33(22,30)31)25-17(13)26(16)21(19(27)29)9-3-2-4-10-21/h5-8,11-12,18,28H,2-4,9-10H2,1H3,(H2,22,30,31)(H,23,24,25). The lowest BCUT2D eigenvalue weighted by Crippen LogP contribution is -2.57. The van der Waals surface area contributed by atoms with Gasteiger partial charge in [0.2, 0.25) is 16.0 Å². The maximum absolute atomic E-state index is 13.4. The molecular formula is C21H24N6O5S. The van der Waals surface area contributed by atoms with Gasteiger partial charge in [0.15, 0.2) is 6.23 Å². The molecule has 0 radical (unpaired) electrons. The van der Waals surface area contributed by atoms with Crippen LogP contribution in [0.15, 0.2) is 41.4 Å². The van der Waals surface area contributed by atoms with Crippen molar-refractivity contribution in [3.05, 3.63) is 42.2 Å². The van der Waals surface area contributed by atoms with Crippen LogP contribution in [0.5, 0.6) is 0 Å². The largest absolute Gasteiger partial charge is 0.366 e. The second-order valence-electron chi connectivity index (χ2n) is 8.35. The van der Waals surface area contributed by atoms with Gasteiger partial charge in [0.1, 0.15) is 11.2 Å². The minimum Gasteiger partial charge on any atom is -0.366 e. The molecule has 33 heavy (non-hydrogen) atoms. The van der Waals surface area contributed by atoms with Crippen LogP contribution in [0.4, 0.5) is 11.6 Å². The molecule has 174 valence electrons. The maximum atomic E-state index is 13.4. The SMILES string of the molecule is CON1C(=O)C2(CCCCC2)n2c(cc3cnc(Nc4ccc(S(N)(=O)=O)cc4)nc32)C1O. The van der Waals surface area contributed by atoms with Crippen molar-refractivity contribution in [1.82, 2.24) is 19.6 Å². The molecule has 4 N–H and O–H groups in total. The minimum atomic E-state index is -3.79. The van der Waals surface area contributed by atoms with Gasteiger partial charge in [0.05, 0.1) is 17.7 Å². The predicted molar refractivity (Wildman–Crippen MR) is 118 cm³/mol. The van der Waals surface area contributed by atoms with Crippen molar-refractivity contribution in [2.45, 2.75) is 48.8 Å². The van der Waals surface area contributed by atoms with Crippen LogP contribution in [0.25, 0.3) is 11.0 Å². The van der Waals surface area contributed by atoms with E-state index in [1.807, 2.05) is 4.57 Å². The summed E-state index contributed by atoms with van der Waals surface area (Å²) in [5.74, 6) is -0.0114. The number of anilines is 2. The molecule has 1 spiro atoms. The van der Waals surface area contributed by atoms with Crippen molar-refractivity contribution >= 4 is 38.6 Å². The first-order valence-electron chi connectivity index (χ1n) is 10.6. The van der Waals surface area contributed by atoms with Crippen LogP contribution in [0.1, 0.15) is 44.0 Å². The highest BCUT2D eigenvalue weighted by Gasteiger charge is 2.52. The number of nitrogens with zero attached hydrogens (tertiary/aromatic N) is 4. The number of sulfonamides is 1. The number of aliphatic hydroxyl groups is 1. The topological polar surface area (TPSA) is 153 Å². The van der Waals surface area contributed by atoms with Gasteiger partial charge >= 0.3 is 0 Å². The third-order valence-electron chi connectivity index (χ3n) is 6.40. The van der Waals surface area contributed by atoms with Crippen molar-refractivity contribution in [3.63, 3.8) is 0 Å². The summed E-state index contributed by atoms with van der Waals surface area (Å²) < 4.78 is 24.8. The van der Waals surface area contributed by atoms with Crippen molar-refractivity contribution in [2.75, 3.05) is 12.4 Å². The average Bonchev–Trinajstić information content (AvgIpc) is 3.19. The number of carbonyl (C=O) groups is 1. The van der Waals surface area contributed by atoms with Crippen molar-refractivity contribution in [3.8, 4) is 0 Å². The minimum absolute atomic E-state index is 0.000446. The van der Waals surface area contributed by atoms with Crippen LogP contribution in [0.2, 0.25) is 0 Å². The summed E-state index contributed by atoms with van der Waals surface area (Å²) in [6.07, 6.45) is 4.41. The monoisotopic (exact) mass is 472 g/mol. The third-order valence-corrected chi connectivity index (χ3v) is 7.33. The maximum Gasteiger partial charge on any atom is 0.275 e. The molecule has 12 heteroatoms. The zero-order chi connectivity index (χ0) is 23.4. The van der Waals surface area contributed by atoms with Crippen molar-refractivity contribution < 1.29 is 23.2 Å². The summed E-state index contributed by atoms with van der Waals surface area (Å²) in [6, 6.07) is 7.68. The summed E-state index contributed by atoms with van der Waals surface area (Å²) in [5, 5.41) is 20.8. The van der Waals surface area contributed by atoms with Crippen LogP contribution in [0, 0.1) is 0 Å². The third kappa shape index (κ3) is 3.46. The molecule has 1 aliphatic carbocycles. The number of amides is 1. The molecule has 1 unspecified atom stereocenters. The number of carbonyl (C=O) groups excluding carboxylic acids is 1. The Hall–Kier alpha value is -3.06. The smallest absolute Gasteiger partial charge is 0.275 e. The van der Waals surface area contributed by atoms with Crippen molar-refractivity contribution in [1.29, 1.82) is 0 Å². The molecule has 1 aromatic carbocycles. The summed E-state index contributed by atoms with van der Waals surface area (Å²) in [7, 11) is -2.42. The van der Waals surface area contributed by atoms with Crippen LogP contribution in [0.3, 0.4) is 0 Å². The van der Waals surface area contributed by atoms with E-state index in [4.69, 9.17) is 9.98 Å². The van der Waals surface area contributed by atoms with Gasteiger partial charge in [-0.1, -0.05) is 19.3 Å². The normalized spacial score (nSPS) is 20.3. The molecule has 2 aromatic heterocycles. The van der Waals surface area contributed by atoms with E-state index < -0.39 is 21.8 Å². The molecule has 1 atom stereocenters. The van der Waals surface area contributed by atoms with Crippen LogP contribution in [-0.4, -0.2) is 46.1 Å². The molecule has 3 heterocycles. The lowest BCUT2D eigenvalue weighted by atomic mass is 9.79. The zero-order valence-corrected chi connectivity index (χ0v) is 18.7. The van der Waals surface area contributed by atoms with Crippen molar-refractivity contribution in [2.24, 2.45) is 5.14 Å². The van der Waals surface area contributed by atoms with Crippen LogP contribution in [-0.2, 0) is 25.2 Å². The van der Waals surface area contributed by atoms with E-state index in [1.165, 1.54) is 19.2 Å². The van der Waals surface area contributed by atoms with E-state index >= 15 is 0 Å². The molecule has 1 aliphatic heterocycles. The quantitative estimate of drug-likeness (QED) is 0.520. The summed E-state index contributed by atoms with van der Waals surface area (Å²) >= 11 is 0. The average molecular weight is 473 g/mol. The fourth-order valence-corrected chi connectivity index (χ4v) is 5.37. The number of hydroxylamine groups is 2. The van der Waals surface area contributed by atoms with E-state index in [-0.39, 0.29) is 16.8 Å². The Kier molecular flexibility index (Phi) is 5.12. The Morgan fingerprint density at radius 1 is 1.21 bits per heavy atom. The lowest BCUT2D eigenvalue weighted by Gasteiger charge is -2.46. The predicted octanol–water partition coefficient (Wildman–Crippen LogP) is 1.88. The Bertz CT molecular complexity index is 1330. The molecule has 1 fully saturated rings. The summed E-state index contributed by atoms with van der Waals surface area (Å²) in [4.78, 5) is 27.7. The van der Waals surface area contributed by atoms with E-state index in [2.05, 4.69) is 15.3 Å². The molecule has 0 bridgehead atoms. The van der Waals surface area contributed by atoms with Gasteiger partial charge in [0, 0.05) is 17.3 Å². The summed E-state index contributed by atoms with van der Waals surface area (Å²) in [5.41, 5.74) is 0.750. The second kappa shape index (κ2) is 7.76. The number of benzene rings is 1. The number of aliphatic hydroxyl groups excluding tert-OH is 1. The molecule has 1 saturated carbocycles. The number of hydrogen-bond donors (Lipinski definition) is 3. The van der Waals surface area contributed by atoms with E-state index in [1.54, 1.807) is 24.4 Å². The van der Waals surface area contributed by atoms with Gasteiger partial charge in [-0.25, -0.2) is 18.5 Å². The van der Waals surface area contributed by atoms with Gasteiger partial charge in [-0.15, -0.1) is 0 Å². The number of nitrogens with one attached hydrogen (secondary N) is 1. The zero-order valence-electron chi connectivity index (χ0n) is 17.9. The number of nitrogens with two attached hydrogens (primary N) is 1. The first-order chi connectivity index (χ1) is 15.7. The second-order valence-corrected chi connectivity index (χ2v) is 9.91. The molecule has 2 aliphatic rings. The van der Waals surface area contributed by atoms with E-state index in [0.717, 1.165) is 24.3 Å². The highest BCUT2D eigenvalue weighted by Crippen LogP contribution is 2.46. The number of aromatic nitrogens is 3. The molecule has 3 aromatic rings.